The molecule has 0 bridgehead atoms. The Morgan fingerprint density at radius 2 is 1.70 bits per heavy atom. The molecule has 0 radical (unpaired) electrons. The fraction of sp³-hybridized carbons (Fsp3) is 0.278. The SMILES string of the molecule is Cn1ccc(-c2cc(N3CCN(c4ccccc4)CC3)no2)c1. The van der Waals surface area contributed by atoms with Gasteiger partial charge in [0.1, 0.15) is 0 Å². The molecule has 0 atom stereocenters. The average Bonchev–Trinajstić information content (AvgIpc) is 3.25. The van der Waals surface area contributed by atoms with Gasteiger partial charge in [-0.1, -0.05) is 23.4 Å². The summed E-state index contributed by atoms with van der Waals surface area (Å²) in [5, 5.41) is 4.25. The van der Waals surface area contributed by atoms with Crippen LogP contribution in [0.5, 0.6) is 0 Å². The Labute approximate surface area is 135 Å². The van der Waals surface area contributed by atoms with Crippen LogP contribution in [0.15, 0.2) is 59.4 Å². The van der Waals surface area contributed by atoms with Crippen LogP contribution in [0.25, 0.3) is 11.3 Å². The highest BCUT2D eigenvalue weighted by atomic mass is 16.5. The lowest BCUT2D eigenvalue weighted by Gasteiger charge is -2.35. The van der Waals surface area contributed by atoms with Crippen LogP contribution in [0, 0.1) is 0 Å². The zero-order valence-electron chi connectivity index (χ0n) is 13.2. The number of anilines is 2. The van der Waals surface area contributed by atoms with Crippen LogP contribution in [0.3, 0.4) is 0 Å². The first-order valence-corrected chi connectivity index (χ1v) is 7.93. The molecule has 3 aromatic rings. The Balaban J connectivity index is 1.44. The van der Waals surface area contributed by atoms with Crippen molar-refractivity contribution < 1.29 is 4.52 Å². The second-order valence-corrected chi connectivity index (χ2v) is 5.92. The number of hydrogen-bond acceptors (Lipinski definition) is 4. The molecule has 1 aromatic carbocycles. The highest BCUT2D eigenvalue weighted by Crippen LogP contribution is 2.26. The Hall–Kier alpha value is -2.69. The van der Waals surface area contributed by atoms with Crippen LogP contribution >= 0.6 is 0 Å². The summed E-state index contributed by atoms with van der Waals surface area (Å²) in [6.07, 6.45) is 4.05. The molecule has 1 saturated heterocycles. The molecule has 3 heterocycles. The van der Waals surface area contributed by atoms with Gasteiger partial charge in [-0.2, -0.15) is 0 Å². The highest BCUT2D eigenvalue weighted by Gasteiger charge is 2.20. The number of benzene rings is 1. The summed E-state index contributed by atoms with van der Waals surface area (Å²) in [5.41, 5.74) is 2.35. The van der Waals surface area contributed by atoms with Gasteiger partial charge in [-0.25, -0.2) is 0 Å². The van der Waals surface area contributed by atoms with E-state index in [4.69, 9.17) is 4.52 Å². The summed E-state index contributed by atoms with van der Waals surface area (Å²) in [6.45, 7) is 3.90. The van der Waals surface area contributed by atoms with E-state index in [1.807, 2.05) is 36.1 Å². The molecular weight excluding hydrogens is 288 g/mol. The number of nitrogens with zero attached hydrogens (tertiary/aromatic N) is 4. The van der Waals surface area contributed by atoms with Crippen LogP contribution in [0.2, 0.25) is 0 Å². The van der Waals surface area contributed by atoms with Crippen molar-refractivity contribution in [3.8, 4) is 11.3 Å². The van der Waals surface area contributed by atoms with Crippen LogP contribution in [0.1, 0.15) is 0 Å². The Morgan fingerprint density at radius 1 is 0.957 bits per heavy atom. The van der Waals surface area contributed by atoms with Crippen molar-refractivity contribution in [2.75, 3.05) is 36.0 Å². The number of aryl methyl sites for hydroxylation is 1. The fourth-order valence-electron chi connectivity index (χ4n) is 3.03. The lowest BCUT2D eigenvalue weighted by atomic mass is 10.2. The zero-order valence-corrected chi connectivity index (χ0v) is 13.2. The lowest BCUT2D eigenvalue weighted by Crippen LogP contribution is -2.46. The highest BCUT2D eigenvalue weighted by molar-refractivity contribution is 5.61. The van der Waals surface area contributed by atoms with E-state index < -0.39 is 0 Å². The Kier molecular flexibility index (Phi) is 3.54. The third-order valence-electron chi connectivity index (χ3n) is 4.34. The summed E-state index contributed by atoms with van der Waals surface area (Å²) in [4.78, 5) is 4.70. The maximum Gasteiger partial charge on any atom is 0.172 e. The zero-order chi connectivity index (χ0) is 15.6. The van der Waals surface area contributed by atoms with Gasteiger partial charge in [0.2, 0.25) is 0 Å². The number of hydrogen-bond donors (Lipinski definition) is 0. The number of aromatic nitrogens is 2. The normalized spacial score (nSPS) is 15.2. The predicted octanol–water partition coefficient (Wildman–Crippen LogP) is 3.01. The molecule has 0 spiro atoms. The first kappa shape index (κ1) is 13.9. The molecule has 1 aliphatic rings. The van der Waals surface area contributed by atoms with Gasteiger partial charge < -0.3 is 18.9 Å². The Morgan fingerprint density at radius 3 is 2.39 bits per heavy atom. The van der Waals surface area contributed by atoms with Crippen LogP contribution in [-0.2, 0) is 7.05 Å². The molecule has 5 heteroatoms. The van der Waals surface area contributed by atoms with E-state index in [2.05, 4.69) is 45.3 Å². The summed E-state index contributed by atoms with van der Waals surface area (Å²) in [7, 11) is 2.00. The van der Waals surface area contributed by atoms with E-state index in [1.54, 1.807) is 0 Å². The van der Waals surface area contributed by atoms with Gasteiger partial charge >= 0.3 is 0 Å². The van der Waals surface area contributed by atoms with Crippen molar-refractivity contribution >= 4 is 11.5 Å². The molecule has 118 valence electrons. The third-order valence-corrected chi connectivity index (χ3v) is 4.34. The van der Waals surface area contributed by atoms with Gasteiger partial charge in [-0.05, 0) is 18.2 Å². The molecule has 4 rings (SSSR count). The minimum absolute atomic E-state index is 0.825. The topological polar surface area (TPSA) is 37.4 Å². The van der Waals surface area contributed by atoms with Gasteiger partial charge in [0.25, 0.3) is 0 Å². The van der Waals surface area contributed by atoms with E-state index in [9.17, 15) is 0 Å². The molecule has 1 aliphatic heterocycles. The molecular formula is C18H20N4O. The first-order chi connectivity index (χ1) is 11.3. The summed E-state index contributed by atoms with van der Waals surface area (Å²) >= 11 is 0. The van der Waals surface area contributed by atoms with Crippen LogP contribution in [0.4, 0.5) is 11.5 Å². The largest absolute Gasteiger partial charge is 0.368 e. The van der Waals surface area contributed by atoms with Crippen LogP contribution in [-0.4, -0.2) is 35.9 Å². The molecule has 0 unspecified atom stereocenters. The second-order valence-electron chi connectivity index (χ2n) is 5.92. The quantitative estimate of drug-likeness (QED) is 0.745. The average molecular weight is 308 g/mol. The maximum absolute atomic E-state index is 5.51. The molecule has 0 saturated carbocycles. The van der Waals surface area contributed by atoms with Crippen molar-refractivity contribution in [1.29, 1.82) is 0 Å². The molecule has 0 aliphatic carbocycles. The number of piperazine rings is 1. The van der Waals surface area contributed by atoms with Crippen molar-refractivity contribution in [2.45, 2.75) is 0 Å². The molecule has 1 fully saturated rings. The number of rotatable bonds is 3. The Bertz CT molecular complexity index is 769. The van der Waals surface area contributed by atoms with Gasteiger partial charge in [-0.3, -0.25) is 0 Å². The van der Waals surface area contributed by atoms with E-state index in [-0.39, 0.29) is 0 Å². The fourth-order valence-corrected chi connectivity index (χ4v) is 3.03. The molecule has 2 aromatic heterocycles. The minimum atomic E-state index is 0.825. The van der Waals surface area contributed by atoms with Gasteiger partial charge in [0, 0.05) is 62.9 Å². The maximum atomic E-state index is 5.51. The second kappa shape index (κ2) is 5.83. The molecule has 5 nitrogen and oxygen atoms in total. The van der Waals surface area contributed by atoms with E-state index in [1.165, 1.54) is 5.69 Å². The summed E-state index contributed by atoms with van der Waals surface area (Å²) in [5.74, 6) is 1.75. The van der Waals surface area contributed by atoms with Gasteiger partial charge in [0.15, 0.2) is 11.6 Å². The standard InChI is InChI=1S/C18H20N4O/c1-20-8-7-15(14-20)17-13-18(19-23-17)22-11-9-21(10-12-22)16-5-3-2-4-6-16/h2-8,13-14H,9-12H2,1H3. The molecule has 23 heavy (non-hydrogen) atoms. The third kappa shape index (κ3) is 2.82. The van der Waals surface area contributed by atoms with Crippen molar-refractivity contribution in [2.24, 2.45) is 7.05 Å². The van der Waals surface area contributed by atoms with Crippen molar-refractivity contribution in [3.05, 3.63) is 54.9 Å². The van der Waals surface area contributed by atoms with E-state index in [0.717, 1.165) is 43.3 Å². The van der Waals surface area contributed by atoms with Crippen molar-refractivity contribution in [1.82, 2.24) is 9.72 Å². The predicted molar refractivity (Wildman–Crippen MR) is 91.8 cm³/mol. The van der Waals surface area contributed by atoms with E-state index in [0.29, 0.717) is 0 Å². The number of para-hydroxylation sites is 1. The summed E-state index contributed by atoms with van der Waals surface area (Å²) in [6, 6.07) is 14.6. The first-order valence-electron chi connectivity index (χ1n) is 7.93. The van der Waals surface area contributed by atoms with Gasteiger partial charge in [0.05, 0.1) is 0 Å². The smallest absolute Gasteiger partial charge is 0.172 e. The summed E-state index contributed by atoms with van der Waals surface area (Å²) < 4.78 is 7.52. The lowest BCUT2D eigenvalue weighted by molar-refractivity contribution is 0.430. The minimum Gasteiger partial charge on any atom is -0.368 e. The molecule has 0 N–H and O–H groups in total. The van der Waals surface area contributed by atoms with Crippen molar-refractivity contribution in [3.63, 3.8) is 0 Å². The van der Waals surface area contributed by atoms with E-state index >= 15 is 0 Å². The van der Waals surface area contributed by atoms with Crippen LogP contribution < -0.4 is 9.80 Å². The molecule has 0 amide bonds. The van der Waals surface area contributed by atoms with Gasteiger partial charge in [-0.15, -0.1) is 0 Å². The monoisotopic (exact) mass is 308 g/mol.